The largest absolute Gasteiger partial charge is 0.504 e. The third-order valence-electron chi connectivity index (χ3n) is 4.88. The molecule has 1 heterocycles. The molecule has 0 atom stereocenters. The highest BCUT2D eigenvalue weighted by molar-refractivity contribution is 7.81. The van der Waals surface area contributed by atoms with Crippen LogP contribution in [0.3, 0.4) is 0 Å². The van der Waals surface area contributed by atoms with E-state index in [1.54, 1.807) is 36.4 Å². The number of phenols is 1. The van der Waals surface area contributed by atoms with Gasteiger partial charge >= 0.3 is 0 Å². The highest BCUT2D eigenvalue weighted by Gasteiger charge is 2.41. The Morgan fingerprint density at radius 1 is 0.879 bits per heavy atom. The van der Waals surface area contributed by atoms with Gasteiger partial charge in [0.1, 0.15) is 5.57 Å². The number of ether oxygens (including phenoxy) is 1. The molecule has 0 aromatic heterocycles. The lowest BCUT2D eigenvalue weighted by molar-refractivity contribution is -0.120. The van der Waals surface area contributed by atoms with Crippen molar-refractivity contribution in [3.05, 3.63) is 87.9 Å². The van der Waals surface area contributed by atoms with E-state index in [2.05, 4.69) is 0 Å². The van der Waals surface area contributed by atoms with Crippen LogP contribution in [0.5, 0.6) is 11.5 Å². The van der Waals surface area contributed by atoms with Gasteiger partial charge in [0, 0.05) is 10.0 Å². The van der Waals surface area contributed by atoms with E-state index in [0.29, 0.717) is 27.0 Å². The van der Waals surface area contributed by atoms with E-state index in [1.165, 1.54) is 53.3 Å². The minimum atomic E-state index is -0.637. The Balaban J connectivity index is 1.89. The lowest BCUT2D eigenvalue weighted by Crippen LogP contribution is -2.56. The molecule has 0 unspecified atom stereocenters. The molecular formula is C24H16Cl2N2O4S. The Labute approximate surface area is 205 Å². The van der Waals surface area contributed by atoms with Gasteiger partial charge in [0.05, 0.1) is 18.5 Å². The van der Waals surface area contributed by atoms with Crippen molar-refractivity contribution in [2.45, 2.75) is 0 Å². The number of carbonyl (C=O) groups is 2. The van der Waals surface area contributed by atoms with Crippen LogP contribution in [-0.2, 0) is 9.59 Å². The zero-order valence-corrected chi connectivity index (χ0v) is 19.5. The third-order valence-corrected chi connectivity index (χ3v) is 5.69. The third kappa shape index (κ3) is 4.43. The van der Waals surface area contributed by atoms with E-state index in [9.17, 15) is 14.7 Å². The zero-order chi connectivity index (χ0) is 23.7. The molecule has 0 radical (unpaired) electrons. The average Bonchev–Trinajstić information content (AvgIpc) is 2.78. The first-order valence-electron chi connectivity index (χ1n) is 9.63. The molecule has 4 rings (SSSR count). The molecule has 33 heavy (non-hydrogen) atoms. The maximum Gasteiger partial charge on any atom is 0.270 e. The van der Waals surface area contributed by atoms with Crippen molar-refractivity contribution < 1.29 is 19.4 Å². The Morgan fingerprint density at radius 2 is 1.48 bits per heavy atom. The van der Waals surface area contributed by atoms with Gasteiger partial charge in [0.15, 0.2) is 16.6 Å². The quantitative estimate of drug-likeness (QED) is 0.294. The minimum absolute atomic E-state index is 0.0324. The number of anilines is 2. The van der Waals surface area contributed by atoms with Gasteiger partial charge in [-0.05, 0) is 66.3 Å². The first kappa shape index (κ1) is 22.8. The number of hydrogen-bond acceptors (Lipinski definition) is 5. The molecule has 1 N–H and O–H groups in total. The minimum Gasteiger partial charge on any atom is -0.504 e. The highest BCUT2D eigenvalue weighted by atomic mass is 35.5. The van der Waals surface area contributed by atoms with Crippen LogP contribution >= 0.6 is 35.4 Å². The Hall–Kier alpha value is -3.39. The number of para-hydroxylation sites is 1. The van der Waals surface area contributed by atoms with Crippen LogP contribution in [0.2, 0.25) is 10.0 Å². The number of methoxy groups -OCH3 is 1. The summed E-state index contributed by atoms with van der Waals surface area (Å²) in [6.07, 6.45) is 1.42. The smallest absolute Gasteiger partial charge is 0.270 e. The van der Waals surface area contributed by atoms with Crippen molar-refractivity contribution in [2.24, 2.45) is 0 Å². The number of amides is 2. The summed E-state index contributed by atoms with van der Waals surface area (Å²) < 4.78 is 5.13. The lowest BCUT2D eigenvalue weighted by Gasteiger charge is -2.36. The standard InChI is InChI=1S/C24H16Cl2N2O4S/c1-32-21-10-14(7-8-20(21)29)9-19-22(30)27(17-5-3-2-4-6-17)24(33)28(23(19)31)18-12-15(25)11-16(26)13-18/h2-13,29H,1H3/b19-9+. The van der Waals surface area contributed by atoms with Crippen LogP contribution in [0.4, 0.5) is 11.4 Å². The van der Waals surface area contributed by atoms with E-state index in [4.69, 9.17) is 40.2 Å². The first-order chi connectivity index (χ1) is 15.8. The van der Waals surface area contributed by atoms with E-state index >= 15 is 0 Å². The number of phenolic OH excluding ortho intramolecular Hbond substituents is 1. The van der Waals surface area contributed by atoms with Crippen molar-refractivity contribution in [3.63, 3.8) is 0 Å². The summed E-state index contributed by atoms with van der Waals surface area (Å²) in [5.74, 6) is -1.09. The summed E-state index contributed by atoms with van der Waals surface area (Å²) in [5, 5.41) is 10.5. The number of thiocarbonyl (C=S) groups is 1. The van der Waals surface area contributed by atoms with E-state index < -0.39 is 11.8 Å². The fourth-order valence-electron chi connectivity index (χ4n) is 3.38. The molecule has 0 spiro atoms. The number of nitrogens with zero attached hydrogens (tertiary/aromatic N) is 2. The number of rotatable bonds is 4. The fourth-order valence-corrected chi connectivity index (χ4v) is 4.27. The molecule has 0 aliphatic carbocycles. The van der Waals surface area contributed by atoms with Crippen LogP contribution in [0.15, 0.2) is 72.3 Å². The molecule has 2 amide bonds. The Kier molecular flexibility index (Phi) is 6.37. The maximum absolute atomic E-state index is 13.5. The van der Waals surface area contributed by atoms with E-state index in [1.807, 2.05) is 0 Å². The molecule has 1 fully saturated rings. The number of aromatic hydroxyl groups is 1. The summed E-state index contributed by atoms with van der Waals surface area (Å²) >= 11 is 17.9. The molecule has 1 aliphatic rings. The Bertz CT molecular complexity index is 1290. The molecule has 9 heteroatoms. The van der Waals surface area contributed by atoms with Gasteiger partial charge in [0.2, 0.25) is 0 Å². The van der Waals surface area contributed by atoms with Crippen molar-refractivity contribution in [2.75, 3.05) is 16.9 Å². The molecular weight excluding hydrogens is 483 g/mol. The van der Waals surface area contributed by atoms with E-state index in [-0.39, 0.29) is 22.2 Å². The molecule has 3 aromatic carbocycles. The predicted molar refractivity (Wildman–Crippen MR) is 133 cm³/mol. The van der Waals surface area contributed by atoms with Gasteiger partial charge in [-0.1, -0.05) is 47.5 Å². The van der Waals surface area contributed by atoms with Crippen LogP contribution in [0.25, 0.3) is 6.08 Å². The molecule has 0 saturated carbocycles. The second-order valence-electron chi connectivity index (χ2n) is 7.02. The second kappa shape index (κ2) is 9.23. The second-order valence-corrected chi connectivity index (χ2v) is 8.25. The maximum atomic E-state index is 13.5. The number of carbonyl (C=O) groups excluding carboxylic acids is 2. The lowest BCUT2D eigenvalue weighted by atomic mass is 10.0. The van der Waals surface area contributed by atoms with Gasteiger partial charge in [-0.25, -0.2) is 0 Å². The molecule has 1 saturated heterocycles. The van der Waals surface area contributed by atoms with Gasteiger partial charge in [-0.15, -0.1) is 0 Å². The van der Waals surface area contributed by atoms with Crippen LogP contribution in [0.1, 0.15) is 5.56 Å². The monoisotopic (exact) mass is 498 g/mol. The molecule has 3 aromatic rings. The highest BCUT2D eigenvalue weighted by Crippen LogP contribution is 2.34. The molecule has 6 nitrogen and oxygen atoms in total. The summed E-state index contributed by atoms with van der Waals surface area (Å²) in [5.41, 5.74) is 1.15. The normalized spacial score (nSPS) is 15.4. The fraction of sp³-hybridized carbons (Fsp3) is 0.0417. The van der Waals surface area contributed by atoms with Crippen LogP contribution in [0, 0.1) is 0 Å². The van der Waals surface area contributed by atoms with Crippen molar-refractivity contribution in [1.29, 1.82) is 0 Å². The summed E-state index contributed by atoms with van der Waals surface area (Å²) in [4.78, 5) is 29.5. The number of hydrogen-bond donors (Lipinski definition) is 1. The Morgan fingerprint density at radius 3 is 2.09 bits per heavy atom. The SMILES string of the molecule is COc1cc(/C=C2\C(=O)N(c3ccccc3)C(=S)N(c3cc(Cl)cc(Cl)c3)C2=O)ccc1O. The first-order valence-corrected chi connectivity index (χ1v) is 10.8. The van der Waals surface area contributed by atoms with Crippen molar-refractivity contribution >= 4 is 69.8 Å². The number of benzene rings is 3. The van der Waals surface area contributed by atoms with Crippen molar-refractivity contribution in [3.8, 4) is 11.5 Å². The topological polar surface area (TPSA) is 70.1 Å². The van der Waals surface area contributed by atoms with Crippen LogP contribution < -0.4 is 14.5 Å². The molecule has 0 bridgehead atoms. The predicted octanol–water partition coefficient (Wildman–Crippen LogP) is 5.46. The summed E-state index contributed by atoms with van der Waals surface area (Å²) in [6.45, 7) is 0. The average molecular weight is 499 g/mol. The van der Waals surface area contributed by atoms with Crippen LogP contribution in [-0.4, -0.2) is 29.1 Å². The van der Waals surface area contributed by atoms with Gasteiger partial charge in [-0.2, -0.15) is 0 Å². The van der Waals surface area contributed by atoms with Gasteiger partial charge in [-0.3, -0.25) is 19.4 Å². The van der Waals surface area contributed by atoms with E-state index in [0.717, 1.165) is 0 Å². The van der Waals surface area contributed by atoms with Crippen molar-refractivity contribution in [1.82, 2.24) is 0 Å². The van der Waals surface area contributed by atoms with Gasteiger partial charge in [0.25, 0.3) is 11.8 Å². The summed E-state index contributed by atoms with van der Waals surface area (Å²) in [7, 11) is 1.41. The molecule has 1 aliphatic heterocycles. The zero-order valence-electron chi connectivity index (χ0n) is 17.2. The number of halogens is 2. The van der Waals surface area contributed by atoms with Gasteiger partial charge < -0.3 is 9.84 Å². The molecule has 166 valence electrons. The summed E-state index contributed by atoms with van der Waals surface area (Å²) in [6, 6.07) is 17.9.